The molecule has 0 aromatic heterocycles. The second-order valence-corrected chi connectivity index (χ2v) is 6.36. The highest BCUT2D eigenvalue weighted by Gasteiger charge is 2.42. The topological polar surface area (TPSA) is 60.2 Å². The van der Waals surface area contributed by atoms with Gasteiger partial charge < -0.3 is 10.6 Å². The number of rotatable bonds is 4. The van der Waals surface area contributed by atoms with E-state index in [1.807, 2.05) is 13.0 Å². The molecule has 9 heteroatoms. The number of guanidine groups is 1. The maximum atomic E-state index is 13.9. The van der Waals surface area contributed by atoms with Gasteiger partial charge in [0.2, 0.25) is 0 Å². The molecule has 0 amide bonds. The van der Waals surface area contributed by atoms with Gasteiger partial charge in [-0.25, -0.2) is 9.38 Å². The molecule has 2 N–H and O–H groups in total. The number of nitrogens with zero attached hydrogens (tertiary/aromatic N) is 2. The van der Waals surface area contributed by atoms with Crippen molar-refractivity contribution in [3.05, 3.63) is 35.1 Å². The molecule has 1 fully saturated rings. The van der Waals surface area contributed by atoms with Crippen LogP contribution >= 0.6 is 24.0 Å². The molecule has 1 aliphatic rings. The summed E-state index contributed by atoms with van der Waals surface area (Å²) < 4.78 is 52.7. The fourth-order valence-electron chi connectivity index (χ4n) is 3.04. The van der Waals surface area contributed by atoms with Gasteiger partial charge in [0.1, 0.15) is 5.82 Å². The summed E-state index contributed by atoms with van der Waals surface area (Å²) in [4.78, 5) is 4.27. The van der Waals surface area contributed by atoms with Crippen LogP contribution in [0.2, 0.25) is 0 Å². The number of aliphatic imine (C=N–C) groups is 1. The highest BCUT2D eigenvalue weighted by atomic mass is 127. The van der Waals surface area contributed by atoms with E-state index in [0.717, 1.165) is 6.07 Å². The first-order chi connectivity index (χ1) is 12.3. The number of halogens is 5. The van der Waals surface area contributed by atoms with E-state index in [1.165, 1.54) is 12.1 Å². The number of nitriles is 1. The van der Waals surface area contributed by atoms with Crippen LogP contribution in [0.1, 0.15) is 43.7 Å². The van der Waals surface area contributed by atoms with Crippen LogP contribution in [0.4, 0.5) is 17.6 Å². The monoisotopic (exact) mass is 498 g/mol. The van der Waals surface area contributed by atoms with E-state index in [1.54, 1.807) is 0 Å². The first kappa shape index (κ1) is 23.5. The zero-order valence-electron chi connectivity index (χ0n) is 14.9. The van der Waals surface area contributed by atoms with Crippen molar-refractivity contribution < 1.29 is 17.6 Å². The summed E-state index contributed by atoms with van der Waals surface area (Å²) >= 11 is 0. The van der Waals surface area contributed by atoms with Gasteiger partial charge in [-0.3, -0.25) is 0 Å². The SMILES string of the molecule is CCNC(=NCc1ccc(C#N)cc1F)NC1CCCC(C(F)(F)F)C1.I. The van der Waals surface area contributed by atoms with Crippen molar-refractivity contribution >= 4 is 29.9 Å². The van der Waals surface area contributed by atoms with Gasteiger partial charge in [0.05, 0.1) is 24.1 Å². The lowest BCUT2D eigenvalue weighted by molar-refractivity contribution is -0.183. The quantitative estimate of drug-likeness (QED) is 0.279. The summed E-state index contributed by atoms with van der Waals surface area (Å²) in [6, 6.07) is 5.67. The molecule has 0 heterocycles. The van der Waals surface area contributed by atoms with Crippen LogP contribution in [-0.2, 0) is 6.54 Å². The summed E-state index contributed by atoms with van der Waals surface area (Å²) in [5.41, 5.74) is 0.540. The van der Waals surface area contributed by atoms with Crippen molar-refractivity contribution in [2.45, 2.75) is 51.4 Å². The van der Waals surface area contributed by atoms with Crippen LogP contribution in [0.25, 0.3) is 0 Å². The Hall–Kier alpha value is -1.57. The standard InChI is InChI=1S/C18H22F4N4.HI/c1-2-24-17(25-11-13-7-6-12(10-23)8-16(13)19)26-15-5-3-4-14(9-15)18(20,21)22;/h6-8,14-15H,2-5,9,11H2,1H3,(H2,24,25,26);1H. The van der Waals surface area contributed by atoms with Gasteiger partial charge in [-0.15, -0.1) is 24.0 Å². The predicted molar refractivity (Wildman–Crippen MR) is 106 cm³/mol. The van der Waals surface area contributed by atoms with Gasteiger partial charge in [-0.05, 0) is 38.3 Å². The Labute approximate surface area is 173 Å². The summed E-state index contributed by atoms with van der Waals surface area (Å²) in [6.45, 7) is 2.41. The van der Waals surface area contributed by atoms with Crippen LogP contribution < -0.4 is 10.6 Å². The third kappa shape index (κ3) is 7.16. The molecule has 2 rings (SSSR count). The molecule has 27 heavy (non-hydrogen) atoms. The number of hydrogen-bond acceptors (Lipinski definition) is 2. The number of benzene rings is 1. The Morgan fingerprint density at radius 3 is 2.67 bits per heavy atom. The first-order valence-electron chi connectivity index (χ1n) is 8.63. The molecule has 1 aromatic carbocycles. The molecule has 4 nitrogen and oxygen atoms in total. The van der Waals surface area contributed by atoms with Crippen LogP contribution in [0.15, 0.2) is 23.2 Å². The third-order valence-corrected chi connectivity index (χ3v) is 4.41. The molecule has 2 atom stereocenters. The maximum absolute atomic E-state index is 13.9. The average molecular weight is 498 g/mol. The Balaban J connectivity index is 0.00000364. The minimum Gasteiger partial charge on any atom is -0.357 e. The van der Waals surface area contributed by atoms with Crippen LogP contribution in [0.5, 0.6) is 0 Å². The smallest absolute Gasteiger partial charge is 0.357 e. The van der Waals surface area contributed by atoms with Gasteiger partial charge in [0, 0.05) is 18.2 Å². The van der Waals surface area contributed by atoms with E-state index in [0.29, 0.717) is 30.9 Å². The Morgan fingerprint density at radius 1 is 1.33 bits per heavy atom. The minimum absolute atomic E-state index is 0. The zero-order chi connectivity index (χ0) is 19.2. The second kappa shape index (κ2) is 10.7. The second-order valence-electron chi connectivity index (χ2n) is 6.36. The van der Waals surface area contributed by atoms with E-state index in [9.17, 15) is 17.6 Å². The van der Waals surface area contributed by atoms with Crippen molar-refractivity contribution in [1.82, 2.24) is 10.6 Å². The predicted octanol–water partition coefficient (Wildman–Crippen LogP) is 4.49. The number of hydrogen-bond donors (Lipinski definition) is 2. The van der Waals surface area contributed by atoms with Gasteiger partial charge >= 0.3 is 6.18 Å². The first-order valence-corrected chi connectivity index (χ1v) is 8.63. The van der Waals surface area contributed by atoms with Crippen LogP contribution in [-0.4, -0.2) is 24.7 Å². The van der Waals surface area contributed by atoms with Crippen molar-refractivity contribution in [1.29, 1.82) is 5.26 Å². The lowest BCUT2D eigenvalue weighted by atomic mass is 9.85. The average Bonchev–Trinajstić information content (AvgIpc) is 2.60. The number of alkyl halides is 3. The minimum atomic E-state index is -4.18. The zero-order valence-corrected chi connectivity index (χ0v) is 17.3. The summed E-state index contributed by atoms with van der Waals surface area (Å²) in [5, 5.41) is 14.8. The van der Waals surface area contributed by atoms with Crippen molar-refractivity contribution in [3.63, 3.8) is 0 Å². The Kier molecular flexibility index (Phi) is 9.29. The molecule has 0 spiro atoms. The van der Waals surface area contributed by atoms with Gasteiger partial charge in [0.15, 0.2) is 5.96 Å². The van der Waals surface area contributed by atoms with Crippen molar-refractivity contribution in [3.8, 4) is 6.07 Å². The highest BCUT2D eigenvalue weighted by molar-refractivity contribution is 14.0. The summed E-state index contributed by atoms with van der Waals surface area (Å²) in [5.74, 6) is -1.46. The van der Waals surface area contributed by atoms with Crippen molar-refractivity contribution in [2.75, 3.05) is 6.54 Å². The molecule has 0 bridgehead atoms. The molecular formula is C18H23F4IN4. The largest absolute Gasteiger partial charge is 0.391 e. The Bertz CT molecular complexity index is 685. The lowest BCUT2D eigenvalue weighted by Crippen LogP contribution is -2.46. The summed E-state index contributed by atoms with van der Waals surface area (Å²) in [7, 11) is 0. The molecule has 1 saturated carbocycles. The highest BCUT2D eigenvalue weighted by Crippen LogP contribution is 2.37. The molecule has 0 saturated heterocycles. The van der Waals surface area contributed by atoms with Crippen LogP contribution in [0.3, 0.4) is 0 Å². The normalized spacial score (nSPS) is 20.4. The fourth-order valence-corrected chi connectivity index (χ4v) is 3.04. The number of nitrogens with one attached hydrogen (secondary N) is 2. The van der Waals surface area contributed by atoms with Gasteiger partial charge in [-0.1, -0.05) is 12.5 Å². The molecule has 150 valence electrons. The molecule has 1 aromatic rings. The van der Waals surface area contributed by atoms with Crippen LogP contribution in [0, 0.1) is 23.1 Å². The van der Waals surface area contributed by atoms with Gasteiger partial charge in [-0.2, -0.15) is 18.4 Å². The molecule has 0 radical (unpaired) electrons. The van der Waals surface area contributed by atoms with E-state index in [-0.39, 0.29) is 55.0 Å². The Morgan fingerprint density at radius 2 is 2.07 bits per heavy atom. The third-order valence-electron chi connectivity index (χ3n) is 4.41. The van der Waals surface area contributed by atoms with E-state index >= 15 is 0 Å². The van der Waals surface area contributed by atoms with E-state index in [4.69, 9.17) is 5.26 Å². The molecule has 1 aliphatic carbocycles. The van der Waals surface area contributed by atoms with Crippen molar-refractivity contribution in [2.24, 2.45) is 10.9 Å². The van der Waals surface area contributed by atoms with E-state index < -0.39 is 17.9 Å². The van der Waals surface area contributed by atoms with E-state index in [2.05, 4.69) is 15.6 Å². The maximum Gasteiger partial charge on any atom is 0.391 e. The molecule has 0 aliphatic heterocycles. The fraction of sp³-hybridized carbons (Fsp3) is 0.556. The molecular weight excluding hydrogens is 475 g/mol. The van der Waals surface area contributed by atoms with Gasteiger partial charge in [0.25, 0.3) is 0 Å². The lowest BCUT2D eigenvalue weighted by Gasteiger charge is -2.31. The molecule has 2 unspecified atom stereocenters. The summed E-state index contributed by atoms with van der Waals surface area (Å²) in [6.07, 6.45) is -2.86.